The van der Waals surface area contributed by atoms with Crippen molar-refractivity contribution in [3.8, 4) is 23.8 Å². The summed E-state index contributed by atoms with van der Waals surface area (Å²) in [6, 6.07) is 8.73. The van der Waals surface area contributed by atoms with Gasteiger partial charge in [0.2, 0.25) is 0 Å². The molecule has 0 N–H and O–H groups in total. The highest BCUT2D eigenvalue weighted by atomic mass is 35.5. The zero-order chi connectivity index (χ0) is 24.6. The number of nitrogens with zero attached hydrogens (tertiary/aromatic N) is 3. The minimum absolute atomic E-state index is 0.0199. The lowest BCUT2D eigenvalue weighted by Gasteiger charge is -2.12. The Morgan fingerprint density at radius 3 is 2.65 bits per heavy atom. The lowest BCUT2D eigenvalue weighted by atomic mass is 10.0. The Balaban J connectivity index is 1.80. The Bertz CT molecular complexity index is 1450. The van der Waals surface area contributed by atoms with Gasteiger partial charge in [0.05, 0.1) is 22.7 Å². The largest absolute Gasteiger partial charge is 0.418 e. The maximum absolute atomic E-state index is 13.8. The van der Waals surface area contributed by atoms with Crippen molar-refractivity contribution in [2.75, 3.05) is 0 Å². The molecule has 10 heteroatoms. The van der Waals surface area contributed by atoms with E-state index in [0.717, 1.165) is 0 Å². The van der Waals surface area contributed by atoms with Gasteiger partial charge in [0.25, 0.3) is 11.1 Å². The fraction of sp³-hybridized carbons (Fsp3) is 0.208. The summed E-state index contributed by atoms with van der Waals surface area (Å²) in [6.45, 7) is 1.99. The number of aromatic nitrogens is 3. The Kier molecular flexibility index (Phi) is 6.43. The Morgan fingerprint density at radius 1 is 1.24 bits per heavy atom. The molecule has 0 saturated carbocycles. The molecule has 0 fully saturated rings. The molecule has 2 aromatic carbocycles. The van der Waals surface area contributed by atoms with Gasteiger partial charge in [-0.2, -0.15) is 18.2 Å². The van der Waals surface area contributed by atoms with Crippen LogP contribution in [-0.2, 0) is 19.1 Å². The summed E-state index contributed by atoms with van der Waals surface area (Å²) >= 11 is 11.8. The number of benzene rings is 2. The molecule has 4 rings (SSSR count). The van der Waals surface area contributed by atoms with Crippen LogP contribution < -0.4 is 0 Å². The normalized spacial score (nSPS) is 11.7. The topological polar surface area (TPSA) is 60.9 Å². The van der Waals surface area contributed by atoms with Gasteiger partial charge < -0.3 is 9.09 Å². The number of hydrogen-bond donors (Lipinski definition) is 0. The maximum Gasteiger partial charge on any atom is 0.418 e. The molecule has 0 saturated heterocycles. The summed E-state index contributed by atoms with van der Waals surface area (Å²) in [5.41, 5.74) is 0.491. The van der Waals surface area contributed by atoms with Gasteiger partial charge in [-0.15, -0.1) is 6.42 Å². The first-order chi connectivity index (χ1) is 16.1. The third-order valence-electron chi connectivity index (χ3n) is 5.31. The predicted molar refractivity (Wildman–Crippen MR) is 123 cm³/mol. The summed E-state index contributed by atoms with van der Waals surface area (Å²) in [7, 11) is 0. The van der Waals surface area contributed by atoms with E-state index in [1.165, 1.54) is 30.3 Å². The number of halogens is 5. The molecule has 5 nitrogen and oxygen atoms in total. The molecule has 174 valence electrons. The molecule has 2 heterocycles. The SMILES string of the molecule is C#Cc1ccc2c(cc(CCC)n2Cc2noc(-c3cc(C(=O)Cl)ccc3Cl)n2)c1C(F)(F)F. The molecule has 0 aliphatic rings. The molecule has 34 heavy (non-hydrogen) atoms. The molecule has 0 amide bonds. The molecular formula is C24H16Cl2F3N3O2. The number of terminal acetylenes is 1. The zero-order valence-corrected chi connectivity index (χ0v) is 19.2. The van der Waals surface area contributed by atoms with E-state index in [-0.39, 0.29) is 39.8 Å². The van der Waals surface area contributed by atoms with Gasteiger partial charge >= 0.3 is 6.18 Å². The van der Waals surface area contributed by atoms with Crippen molar-refractivity contribution >= 4 is 39.3 Å². The molecule has 2 aromatic heterocycles. The van der Waals surface area contributed by atoms with Crippen molar-refractivity contribution in [2.45, 2.75) is 32.5 Å². The molecular weight excluding hydrogens is 490 g/mol. The van der Waals surface area contributed by atoms with Crippen molar-refractivity contribution in [3.63, 3.8) is 0 Å². The highest BCUT2D eigenvalue weighted by Gasteiger charge is 2.36. The van der Waals surface area contributed by atoms with Crippen LogP contribution >= 0.6 is 23.2 Å². The average molecular weight is 506 g/mol. The van der Waals surface area contributed by atoms with Gasteiger partial charge in [-0.3, -0.25) is 4.79 Å². The van der Waals surface area contributed by atoms with Crippen LogP contribution in [0.4, 0.5) is 13.2 Å². The van der Waals surface area contributed by atoms with Gasteiger partial charge in [0.15, 0.2) is 5.82 Å². The summed E-state index contributed by atoms with van der Waals surface area (Å²) in [5.74, 6) is 2.40. The molecule has 0 bridgehead atoms. The van der Waals surface area contributed by atoms with Crippen LogP contribution in [0, 0.1) is 12.3 Å². The van der Waals surface area contributed by atoms with Crippen LogP contribution in [0.25, 0.3) is 22.4 Å². The second-order valence-electron chi connectivity index (χ2n) is 7.52. The highest BCUT2D eigenvalue weighted by Crippen LogP contribution is 2.39. The number of hydrogen-bond acceptors (Lipinski definition) is 4. The molecule has 0 aliphatic carbocycles. The predicted octanol–water partition coefficient (Wildman–Crippen LogP) is 6.72. The average Bonchev–Trinajstić information content (AvgIpc) is 3.38. The summed E-state index contributed by atoms with van der Waals surface area (Å²) in [5, 5.41) is 3.57. The first-order valence-corrected chi connectivity index (χ1v) is 10.9. The van der Waals surface area contributed by atoms with E-state index in [4.69, 9.17) is 34.1 Å². The summed E-state index contributed by atoms with van der Waals surface area (Å²) in [6.07, 6.45) is 1.97. The van der Waals surface area contributed by atoms with E-state index in [9.17, 15) is 18.0 Å². The van der Waals surface area contributed by atoms with Gasteiger partial charge in [-0.05, 0) is 54.4 Å². The van der Waals surface area contributed by atoms with E-state index >= 15 is 0 Å². The van der Waals surface area contributed by atoms with Crippen LogP contribution in [0.1, 0.15) is 46.3 Å². The van der Waals surface area contributed by atoms with Gasteiger partial charge in [-0.1, -0.05) is 36.0 Å². The van der Waals surface area contributed by atoms with Crippen LogP contribution in [0.15, 0.2) is 40.9 Å². The molecule has 0 unspecified atom stereocenters. The molecule has 0 spiro atoms. The fourth-order valence-electron chi connectivity index (χ4n) is 3.85. The van der Waals surface area contributed by atoms with Gasteiger partial charge in [-0.25, -0.2) is 0 Å². The first-order valence-electron chi connectivity index (χ1n) is 10.1. The van der Waals surface area contributed by atoms with Crippen molar-refractivity contribution in [1.82, 2.24) is 14.7 Å². The highest BCUT2D eigenvalue weighted by molar-refractivity contribution is 6.67. The van der Waals surface area contributed by atoms with Crippen LogP contribution in [0.2, 0.25) is 5.02 Å². The van der Waals surface area contributed by atoms with E-state index in [1.807, 2.05) is 6.92 Å². The molecule has 0 aliphatic heterocycles. The number of carbonyl (C=O) groups excluding carboxylic acids is 1. The van der Waals surface area contributed by atoms with E-state index in [2.05, 4.69) is 16.1 Å². The minimum Gasteiger partial charge on any atom is -0.337 e. The number of rotatable bonds is 6. The Labute approximate surface area is 202 Å². The van der Waals surface area contributed by atoms with E-state index < -0.39 is 17.0 Å². The maximum atomic E-state index is 13.8. The number of aryl methyl sites for hydroxylation is 1. The fourth-order valence-corrected chi connectivity index (χ4v) is 4.16. The third kappa shape index (κ3) is 4.41. The molecule has 4 aromatic rings. The van der Waals surface area contributed by atoms with Crippen molar-refractivity contribution in [1.29, 1.82) is 0 Å². The second kappa shape index (κ2) is 9.16. The third-order valence-corrected chi connectivity index (χ3v) is 5.86. The van der Waals surface area contributed by atoms with Crippen LogP contribution in [0.5, 0.6) is 0 Å². The number of carbonyl (C=O) groups is 1. The standard InChI is InChI=1S/C24H16Cl2F3N3O2/c1-3-5-15-11-17-19(9-7-13(4-2)21(17)24(27,28)29)32(15)12-20-30-23(34-31-20)16-10-14(22(26)33)6-8-18(16)25/h2,6-11H,3,5,12H2,1H3. The van der Waals surface area contributed by atoms with Crippen LogP contribution in [-0.4, -0.2) is 20.0 Å². The number of alkyl halides is 3. The van der Waals surface area contributed by atoms with E-state index in [1.54, 1.807) is 10.6 Å². The van der Waals surface area contributed by atoms with Crippen LogP contribution in [0.3, 0.4) is 0 Å². The molecule has 0 radical (unpaired) electrons. The molecule has 0 atom stereocenters. The monoisotopic (exact) mass is 505 g/mol. The van der Waals surface area contributed by atoms with Crippen molar-refractivity contribution < 1.29 is 22.5 Å². The Hall–Kier alpha value is -3.28. The Morgan fingerprint density at radius 2 is 2.00 bits per heavy atom. The lowest BCUT2D eigenvalue weighted by Crippen LogP contribution is -2.09. The smallest absolute Gasteiger partial charge is 0.337 e. The summed E-state index contributed by atoms with van der Waals surface area (Å²) < 4.78 is 48.6. The van der Waals surface area contributed by atoms with E-state index in [0.29, 0.717) is 29.6 Å². The minimum atomic E-state index is -4.61. The van der Waals surface area contributed by atoms with Crippen molar-refractivity contribution in [2.24, 2.45) is 0 Å². The van der Waals surface area contributed by atoms with Gasteiger partial charge in [0.1, 0.15) is 0 Å². The number of fused-ring (bicyclic) bond motifs is 1. The quantitative estimate of drug-likeness (QED) is 0.215. The second-order valence-corrected chi connectivity index (χ2v) is 8.27. The first kappa shape index (κ1) is 23.9. The van der Waals surface area contributed by atoms with Gasteiger partial charge in [0, 0.05) is 27.7 Å². The summed E-state index contributed by atoms with van der Waals surface area (Å²) in [4.78, 5) is 15.8. The lowest BCUT2D eigenvalue weighted by molar-refractivity contribution is -0.136. The van der Waals surface area contributed by atoms with Crippen molar-refractivity contribution in [3.05, 3.63) is 69.6 Å². The zero-order valence-electron chi connectivity index (χ0n) is 17.7.